The van der Waals surface area contributed by atoms with E-state index in [1.54, 1.807) is 0 Å². The number of hydrogen-bond acceptors (Lipinski definition) is 3. The van der Waals surface area contributed by atoms with Gasteiger partial charge in [-0.25, -0.2) is 8.42 Å². The Morgan fingerprint density at radius 3 is 2.30 bits per heavy atom. The zero-order valence-corrected chi connectivity index (χ0v) is 12.2. The van der Waals surface area contributed by atoms with Gasteiger partial charge >= 0.3 is 12.1 Å². The Hall–Kier alpha value is -1.13. The van der Waals surface area contributed by atoms with E-state index < -0.39 is 40.2 Å². The maximum atomic E-state index is 12.4. The molecular weight excluding hydrogens is 367 g/mol. The molecule has 0 aromatic heterocycles. The lowest BCUT2D eigenvalue weighted by Crippen LogP contribution is -2.42. The Morgan fingerprint density at radius 2 is 1.85 bits per heavy atom. The summed E-state index contributed by atoms with van der Waals surface area (Å²) >= 11 is 2.91. The Labute approximate surface area is 121 Å². The number of benzene rings is 1. The number of alkyl halides is 3. The second kappa shape index (κ2) is 6.10. The number of hydrogen-bond donors (Lipinski definition) is 1. The van der Waals surface area contributed by atoms with Crippen LogP contribution in [0.25, 0.3) is 0 Å². The van der Waals surface area contributed by atoms with E-state index in [1.165, 1.54) is 18.2 Å². The van der Waals surface area contributed by atoms with E-state index in [0.29, 0.717) is 0 Å². The predicted molar refractivity (Wildman–Crippen MR) is 66.6 cm³/mol. The van der Waals surface area contributed by atoms with Crippen molar-refractivity contribution in [3.05, 3.63) is 28.7 Å². The van der Waals surface area contributed by atoms with Crippen LogP contribution in [0.15, 0.2) is 33.6 Å². The minimum Gasteiger partial charge on any atom is -0.480 e. The standard InChI is InChI=1S/C10H9BrF3NO4S/c11-7-3-1-2-4-8(7)20(18,19)15(5-9(16)17)6-10(12,13)14/h1-4H,5-6H2,(H,16,17). The number of carboxylic acids is 1. The first-order valence-corrected chi connectivity index (χ1v) is 7.30. The molecule has 0 aliphatic rings. The molecule has 0 spiro atoms. The quantitative estimate of drug-likeness (QED) is 0.854. The summed E-state index contributed by atoms with van der Waals surface area (Å²) in [4.78, 5) is 10.1. The summed E-state index contributed by atoms with van der Waals surface area (Å²) in [5.74, 6) is -1.68. The van der Waals surface area contributed by atoms with Crippen molar-refractivity contribution in [1.29, 1.82) is 0 Å². The van der Waals surface area contributed by atoms with E-state index in [9.17, 15) is 26.4 Å². The van der Waals surface area contributed by atoms with Crippen molar-refractivity contribution >= 4 is 31.9 Å². The van der Waals surface area contributed by atoms with Crippen molar-refractivity contribution in [2.75, 3.05) is 13.1 Å². The van der Waals surface area contributed by atoms with Gasteiger partial charge in [0.05, 0.1) is 4.90 Å². The van der Waals surface area contributed by atoms with Gasteiger partial charge in [-0.3, -0.25) is 4.79 Å². The normalized spacial score (nSPS) is 12.7. The SMILES string of the molecule is O=C(O)CN(CC(F)(F)F)S(=O)(=O)c1ccccc1Br. The van der Waals surface area contributed by atoms with Gasteiger partial charge in [0.15, 0.2) is 0 Å². The Bertz CT molecular complexity index is 603. The van der Waals surface area contributed by atoms with Crippen molar-refractivity contribution in [3.63, 3.8) is 0 Å². The minimum atomic E-state index is -4.84. The highest BCUT2D eigenvalue weighted by atomic mass is 79.9. The Balaban J connectivity index is 3.24. The molecule has 0 radical (unpaired) electrons. The molecule has 0 bridgehead atoms. The molecule has 0 unspecified atom stereocenters. The van der Waals surface area contributed by atoms with Crippen molar-refractivity contribution in [2.45, 2.75) is 11.1 Å². The van der Waals surface area contributed by atoms with Gasteiger partial charge in [0.1, 0.15) is 13.1 Å². The third kappa shape index (κ3) is 4.46. The first-order valence-electron chi connectivity index (χ1n) is 5.07. The molecule has 10 heteroatoms. The average Bonchev–Trinajstić information content (AvgIpc) is 2.25. The average molecular weight is 376 g/mol. The first-order chi connectivity index (χ1) is 9.04. The topological polar surface area (TPSA) is 74.7 Å². The van der Waals surface area contributed by atoms with Crippen LogP contribution in [0, 0.1) is 0 Å². The van der Waals surface area contributed by atoms with E-state index in [4.69, 9.17) is 5.11 Å². The van der Waals surface area contributed by atoms with Gasteiger partial charge in [0.2, 0.25) is 10.0 Å². The highest BCUT2D eigenvalue weighted by molar-refractivity contribution is 9.10. The molecular formula is C10H9BrF3NO4S. The molecule has 1 aromatic carbocycles. The maximum absolute atomic E-state index is 12.4. The van der Waals surface area contributed by atoms with Crippen molar-refractivity contribution in [3.8, 4) is 0 Å². The molecule has 20 heavy (non-hydrogen) atoms. The fraction of sp³-hybridized carbons (Fsp3) is 0.300. The third-order valence-electron chi connectivity index (χ3n) is 2.12. The van der Waals surface area contributed by atoms with Crippen LogP contribution in [0.1, 0.15) is 0 Å². The van der Waals surface area contributed by atoms with Gasteiger partial charge in [0.25, 0.3) is 0 Å². The van der Waals surface area contributed by atoms with Crippen LogP contribution in [0.4, 0.5) is 13.2 Å². The zero-order chi connectivity index (χ0) is 15.6. The Morgan fingerprint density at radius 1 is 1.30 bits per heavy atom. The first kappa shape index (κ1) is 16.9. The van der Waals surface area contributed by atoms with Crippen LogP contribution in [0.3, 0.4) is 0 Å². The maximum Gasteiger partial charge on any atom is 0.402 e. The summed E-state index contributed by atoms with van der Waals surface area (Å²) in [5.41, 5.74) is 0. The third-order valence-corrected chi connectivity index (χ3v) is 4.93. The minimum absolute atomic E-state index is 0.0533. The van der Waals surface area contributed by atoms with E-state index in [0.717, 1.165) is 6.07 Å². The van der Waals surface area contributed by atoms with Gasteiger partial charge < -0.3 is 5.11 Å². The lowest BCUT2D eigenvalue weighted by molar-refractivity contribution is -0.146. The molecule has 112 valence electrons. The lowest BCUT2D eigenvalue weighted by atomic mass is 10.4. The molecule has 0 saturated heterocycles. The number of rotatable bonds is 5. The summed E-state index contributed by atoms with van der Waals surface area (Å²) in [6.45, 7) is -3.15. The predicted octanol–water partition coefficient (Wildman–Crippen LogP) is 2.09. The number of aliphatic carboxylic acids is 1. The summed E-state index contributed by atoms with van der Waals surface area (Å²) in [6, 6.07) is 5.22. The number of carboxylic acid groups (broad SMARTS) is 1. The van der Waals surface area contributed by atoms with Crippen LogP contribution in [-0.2, 0) is 14.8 Å². The monoisotopic (exact) mass is 375 g/mol. The molecule has 0 aliphatic carbocycles. The van der Waals surface area contributed by atoms with Crippen LogP contribution in [-0.4, -0.2) is 43.1 Å². The molecule has 0 saturated carbocycles. The molecule has 0 heterocycles. The van der Waals surface area contributed by atoms with Crippen LogP contribution in [0.5, 0.6) is 0 Å². The molecule has 1 rings (SSSR count). The Kier molecular flexibility index (Phi) is 5.16. The largest absolute Gasteiger partial charge is 0.480 e. The van der Waals surface area contributed by atoms with Crippen molar-refractivity contribution < 1.29 is 31.5 Å². The summed E-state index contributed by atoms with van der Waals surface area (Å²) in [6.07, 6.45) is -4.84. The van der Waals surface area contributed by atoms with Crippen LogP contribution >= 0.6 is 15.9 Å². The second-order valence-electron chi connectivity index (χ2n) is 3.71. The fourth-order valence-electron chi connectivity index (χ4n) is 1.37. The van der Waals surface area contributed by atoms with E-state index in [-0.39, 0.29) is 8.78 Å². The number of sulfonamides is 1. The summed E-state index contributed by atoms with van der Waals surface area (Å²) in [7, 11) is -4.57. The number of carbonyl (C=O) groups is 1. The van der Waals surface area contributed by atoms with E-state index in [2.05, 4.69) is 15.9 Å². The molecule has 1 N–H and O–H groups in total. The van der Waals surface area contributed by atoms with Gasteiger partial charge in [0, 0.05) is 4.47 Å². The van der Waals surface area contributed by atoms with Gasteiger partial charge in [-0.15, -0.1) is 0 Å². The molecule has 5 nitrogen and oxygen atoms in total. The van der Waals surface area contributed by atoms with E-state index >= 15 is 0 Å². The smallest absolute Gasteiger partial charge is 0.402 e. The van der Waals surface area contributed by atoms with Gasteiger partial charge in [-0.2, -0.15) is 17.5 Å². The molecule has 0 aliphatic heterocycles. The molecule has 0 atom stereocenters. The molecule has 1 aromatic rings. The molecule has 0 fully saturated rings. The van der Waals surface area contributed by atoms with Crippen molar-refractivity contribution in [1.82, 2.24) is 4.31 Å². The zero-order valence-electron chi connectivity index (χ0n) is 9.76. The van der Waals surface area contributed by atoms with Gasteiger partial charge in [-0.05, 0) is 28.1 Å². The number of nitrogens with zero attached hydrogens (tertiary/aromatic N) is 1. The number of halogens is 4. The van der Waals surface area contributed by atoms with Crippen molar-refractivity contribution in [2.24, 2.45) is 0 Å². The second-order valence-corrected chi connectivity index (χ2v) is 6.47. The fourth-order valence-corrected chi connectivity index (χ4v) is 3.71. The highest BCUT2D eigenvalue weighted by Gasteiger charge is 2.38. The summed E-state index contributed by atoms with van der Waals surface area (Å²) in [5, 5.41) is 8.58. The lowest BCUT2D eigenvalue weighted by Gasteiger charge is -2.22. The van der Waals surface area contributed by atoms with Crippen LogP contribution < -0.4 is 0 Å². The van der Waals surface area contributed by atoms with E-state index in [1.807, 2.05) is 0 Å². The van der Waals surface area contributed by atoms with Crippen LogP contribution in [0.2, 0.25) is 0 Å². The molecule has 0 amide bonds. The summed E-state index contributed by atoms with van der Waals surface area (Å²) < 4.78 is 61.3. The van der Waals surface area contributed by atoms with Gasteiger partial charge in [-0.1, -0.05) is 12.1 Å². The highest BCUT2D eigenvalue weighted by Crippen LogP contribution is 2.27.